The van der Waals surface area contributed by atoms with Gasteiger partial charge in [0, 0.05) is 16.2 Å². The molecule has 0 saturated carbocycles. The van der Waals surface area contributed by atoms with Crippen LogP contribution in [0.1, 0.15) is 0 Å². The van der Waals surface area contributed by atoms with Gasteiger partial charge in [-0.1, -0.05) is 30.3 Å². The van der Waals surface area contributed by atoms with Crippen LogP contribution in [0.2, 0.25) is 0 Å². The van der Waals surface area contributed by atoms with Gasteiger partial charge in [-0.3, -0.25) is 0 Å². The molecule has 0 fully saturated rings. The molecular weight excluding hydrogens is 268 g/mol. The second-order valence-corrected chi connectivity index (χ2v) is 4.74. The first-order valence-electron chi connectivity index (χ1n) is 5.99. The number of hydrogen-bond acceptors (Lipinski definition) is 0. The smallest absolute Gasteiger partial charge is 0.170 e. The van der Waals surface area contributed by atoms with E-state index < -0.39 is 28.7 Å². The Bertz CT molecular complexity index is 988. The van der Waals surface area contributed by atoms with E-state index in [1.165, 1.54) is 6.07 Å². The summed E-state index contributed by atoms with van der Waals surface area (Å²) < 4.78 is 55.6. The number of benzene rings is 4. The van der Waals surface area contributed by atoms with E-state index in [-0.39, 0.29) is 10.8 Å². The number of halogens is 4. The highest BCUT2D eigenvalue weighted by Crippen LogP contribution is 2.39. The molecule has 0 unspecified atom stereocenters. The molecule has 0 nitrogen and oxygen atoms in total. The standard InChI is InChI=1S/C16H6F4/c17-10-6-8-5-4-7-2-1-3-9-11(7)12(8)13(15(10)19)16(20)14(9)18/h1-6H. The van der Waals surface area contributed by atoms with E-state index in [0.29, 0.717) is 16.2 Å². The predicted molar refractivity (Wildman–Crippen MR) is 70.0 cm³/mol. The van der Waals surface area contributed by atoms with Gasteiger partial charge in [-0.15, -0.1) is 0 Å². The summed E-state index contributed by atoms with van der Waals surface area (Å²) in [5.74, 6) is -5.04. The van der Waals surface area contributed by atoms with Crippen molar-refractivity contribution >= 4 is 32.3 Å². The molecule has 0 N–H and O–H groups in total. The third-order valence-corrected chi connectivity index (χ3v) is 3.69. The molecule has 20 heavy (non-hydrogen) atoms. The van der Waals surface area contributed by atoms with Gasteiger partial charge >= 0.3 is 0 Å². The summed E-state index contributed by atoms with van der Waals surface area (Å²) in [5.41, 5.74) is 0. The molecule has 0 radical (unpaired) electrons. The summed E-state index contributed by atoms with van der Waals surface area (Å²) in [4.78, 5) is 0. The molecular formula is C16H6F4. The molecule has 0 aliphatic carbocycles. The minimum absolute atomic E-state index is 0.0732. The van der Waals surface area contributed by atoms with E-state index in [9.17, 15) is 17.6 Å². The summed E-state index contributed by atoms with van der Waals surface area (Å²) in [6.45, 7) is 0. The topological polar surface area (TPSA) is 0 Å². The highest BCUT2D eigenvalue weighted by molar-refractivity contribution is 6.23. The Morgan fingerprint density at radius 3 is 2.15 bits per heavy atom. The van der Waals surface area contributed by atoms with Crippen LogP contribution in [0.4, 0.5) is 17.6 Å². The Kier molecular flexibility index (Phi) is 2.06. The average Bonchev–Trinajstić information content (AvgIpc) is 2.45. The molecule has 0 aromatic heterocycles. The molecule has 4 aromatic rings. The van der Waals surface area contributed by atoms with E-state index in [2.05, 4.69) is 0 Å². The van der Waals surface area contributed by atoms with Crippen molar-refractivity contribution in [3.8, 4) is 0 Å². The molecule has 0 amide bonds. The highest BCUT2D eigenvalue weighted by atomic mass is 19.2. The highest BCUT2D eigenvalue weighted by Gasteiger charge is 2.22. The number of hydrogen-bond donors (Lipinski definition) is 0. The lowest BCUT2D eigenvalue weighted by atomic mass is 9.93. The van der Waals surface area contributed by atoms with Gasteiger partial charge in [0.2, 0.25) is 0 Å². The van der Waals surface area contributed by atoms with Crippen molar-refractivity contribution in [1.29, 1.82) is 0 Å². The van der Waals surface area contributed by atoms with Crippen LogP contribution >= 0.6 is 0 Å². The summed E-state index contributed by atoms with van der Waals surface area (Å²) in [6, 6.07) is 9.01. The zero-order valence-corrected chi connectivity index (χ0v) is 9.98. The zero-order chi connectivity index (χ0) is 14.0. The van der Waals surface area contributed by atoms with Crippen molar-refractivity contribution in [2.45, 2.75) is 0 Å². The maximum Gasteiger partial charge on any atom is 0.170 e. The maximum atomic E-state index is 14.1. The zero-order valence-electron chi connectivity index (χ0n) is 9.98. The van der Waals surface area contributed by atoms with Crippen molar-refractivity contribution in [2.24, 2.45) is 0 Å². The fourth-order valence-electron chi connectivity index (χ4n) is 2.83. The third kappa shape index (κ3) is 1.21. The van der Waals surface area contributed by atoms with Gasteiger partial charge < -0.3 is 0 Å². The largest absolute Gasteiger partial charge is 0.204 e. The van der Waals surface area contributed by atoms with Crippen LogP contribution in [-0.2, 0) is 0 Å². The van der Waals surface area contributed by atoms with Gasteiger partial charge in [0.15, 0.2) is 23.3 Å². The van der Waals surface area contributed by atoms with Gasteiger partial charge in [-0.25, -0.2) is 17.6 Å². The maximum absolute atomic E-state index is 14.1. The fraction of sp³-hybridized carbons (Fsp3) is 0. The van der Waals surface area contributed by atoms with Crippen molar-refractivity contribution in [1.82, 2.24) is 0 Å². The van der Waals surface area contributed by atoms with E-state index in [1.807, 2.05) is 0 Å². The van der Waals surface area contributed by atoms with Gasteiger partial charge in [-0.2, -0.15) is 0 Å². The summed E-state index contributed by atoms with van der Waals surface area (Å²) in [5, 5.41) is 1.09. The Morgan fingerprint density at radius 1 is 0.600 bits per heavy atom. The lowest BCUT2D eigenvalue weighted by Gasteiger charge is -2.13. The fourth-order valence-corrected chi connectivity index (χ4v) is 2.83. The summed E-state index contributed by atoms with van der Waals surface area (Å²) >= 11 is 0. The summed E-state index contributed by atoms with van der Waals surface area (Å²) in [6.07, 6.45) is 0. The Balaban J connectivity index is 2.51. The Hall–Kier alpha value is -2.36. The Labute approximate surface area is 110 Å². The van der Waals surface area contributed by atoms with Crippen LogP contribution in [0.5, 0.6) is 0 Å². The van der Waals surface area contributed by atoms with Gasteiger partial charge in [0.25, 0.3) is 0 Å². The average molecular weight is 274 g/mol. The second kappa shape index (κ2) is 3.60. The molecule has 0 heterocycles. The SMILES string of the molecule is Fc1cc2ccc3cccc4c(F)c(F)c(c1F)c2c34. The Morgan fingerprint density at radius 2 is 1.35 bits per heavy atom. The minimum Gasteiger partial charge on any atom is -0.204 e. The van der Waals surface area contributed by atoms with Crippen LogP contribution in [0.15, 0.2) is 36.4 Å². The molecule has 0 spiro atoms. The van der Waals surface area contributed by atoms with Crippen LogP contribution in [-0.4, -0.2) is 0 Å². The molecule has 4 aromatic carbocycles. The third-order valence-electron chi connectivity index (χ3n) is 3.69. The molecule has 0 saturated heterocycles. The quantitative estimate of drug-likeness (QED) is 0.307. The van der Waals surface area contributed by atoms with Gasteiger partial charge in [0.1, 0.15) is 0 Å². The molecule has 4 heteroatoms. The van der Waals surface area contributed by atoms with E-state index in [4.69, 9.17) is 0 Å². The first-order valence-corrected chi connectivity index (χ1v) is 5.99. The molecule has 98 valence electrons. The first-order chi connectivity index (χ1) is 9.59. The van der Waals surface area contributed by atoms with Crippen molar-refractivity contribution in [3.63, 3.8) is 0 Å². The van der Waals surface area contributed by atoms with Gasteiger partial charge in [0.05, 0.1) is 5.39 Å². The van der Waals surface area contributed by atoms with E-state index in [0.717, 1.165) is 6.07 Å². The van der Waals surface area contributed by atoms with Crippen molar-refractivity contribution < 1.29 is 17.6 Å². The van der Waals surface area contributed by atoms with Crippen LogP contribution in [0.25, 0.3) is 32.3 Å². The van der Waals surface area contributed by atoms with Crippen molar-refractivity contribution in [3.05, 3.63) is 59.7 Å². The first kappa shape index (κ1) is 11.5. The van der Waals surface area contributed by atoms with Crippen LogP contribution in [0.3, 0.4) is 0 Å². The molecule has 0 aliphatic heterocycles. The predicted octanol–water partition coefficient (Wildman–Crippen LogP) is 5.14. The van der Waals surface area contributed by atoms with Gasteiger partial charge in [-0.05, 0) is 16.8 Å². The second-order valence-electron chi connectivity index (χ2n) is 4.74. The van der Waals surface area contributed by atoms with Crippen molar-refractivity contribution in [2.75, 3.05) is 0 Å². The van der Waals surface area contributed by atoms with Crippen LogP contribution < -0.4 is 0 Å². The summed E-state index contributed by atoms with van der Waals surface area (Å²) in [7, 11) is 0. The molecule has 0 bridgehead atoms. The molecule has 4 rings (SSSR count). The normalized spacial score (nSPS) is 12.0. The number of rotatable bonds is 0. The van der Waals surface area contributed by atoms with E-state index in [1.54, 1.807) is 24.3 Å². The van der Waals surface area contributed by atoms with Crippen LogP contribution in [0, 0.1) is 23.3 Å². The monoisotopic (exact) mass is 274 g/mol. The molecule has 0 atom stereocenters. The lowest BCUT2D eigenvalue weighted by Crippen LogP contribution is -1.97. The lowest BCUT2D eigenvalue weighted by molar-refractivity contribution is 0.498. The minimum atomic E-state index is -1.35. The molecule has 0 aliphatic rings. The van der Waals surface area contributed by atoms with E-state index >= 15 is 0 Å².